The highest BCUT2D eigenvalue weighted by Gasteiger charge is 2.19. The Hall–Kier alpha value is -1.93. The first-order chi connectivity index (χ1) is 10.9. The average molecular weight is 339 g/mol. The van der Waals surface area contributed by atoms with Crippen molar-refractivity contribution >= 4 is 21.8 Å². The summed E-state index contributed by atoms with van der Waals surface area (Å²) in [4.78, 5) is 23.0. The summed E-state index contributed by atoms with van der Waals surface area (Å²) in [6, 6.07) is 4.67. The topological polar surface area (TPSA) is 95.6 Å². The molecule has 1 aliphatic rings. The molecule has 0 aromatic heterocycles. The van der Waals surface area contributed by atoms with Gasteiger partial charge in [-0.1, -0.05) is 25.0 Å². The van der Waals surface area contributed by atoms with Gasteiger partial charge in [0, 0.05) is 18.7 Å². The Morgan fingerprint density at radius 3 is 2.09 bits per heavy atom. The van der Waals surface area contributed by atoms with Crippen molar-refractivity contribution in [3.05, 3.63) is 29.8 Å². The van der Waals surface area contributed by atoms with Crippen LogP contribution in [0.25, 0.3) is 0 Å². The highest BCUT2D eigenvalue weighted by molar-refractivity contribution is 7.90. The van der Waals surface area contributed by atoms with Crippen LogP contribution in [0.1, 0.15) is 43.0 Å². The van der Waals surface area contributed by atoms with Crippen molar-refractivity contribution in [2.24, 2.45) is 0 Å². The molecule has 0 aliphatic carbocycles. The van der Waals surface area contributed by atoms with Gasteiger partial charge in [-0.15, -0.1) is 0 Å². The number of hydrazine groups is 1. The Kier molecular flexibility index (Phi) is 5.73. The molecule has 2 rings (SSSR count). The van der Waals surface area contributed by atoms with Crippen LogP contribution in [0, 0.1) is 0 Å². The minimum atomic E-state index is -3.96. The number of ketones is 1. The lowest BCUT2D eigenvalue weighted by molar-refractivity contribution is 0.101. The molecule has 0 radical (unpaired) electrons. The molecule has 1 aromatic carbocycles. The first-order valence-electron chi connectivity index (χ1n) is 7.58. The summed E-state index contributed by atoms with van der Waals surface area (Å²) in [5, 5.41) is 1.73. The first kappa shape index (κ1) is 17.4. The SMILES string of the molecule is CC(=O)c1ccc(S(=O)(=O)NC(=O)NN2CCCCCC2)cc1. The van der Waals surface area contributed by atoms with Crippen molar-refractivity contribution in [3.63, 3.8) is 0 Å². The Morgan fingerprint density at radius 1 is 1.00 bits per heavy atom. The van der Waals surface area contributed by atoms with Crippen molar-refractivity contribution in [2.45, 2.75) is 37.5 Å². The van der Waals surface area contributed by atoms with E-state index in [1.165, 1.54) is 31.2 Å². The zero-order valence-electron chi connectivity index (χ0n) is 13.0. The molecule has 1 saturated heterocycles. The van der Waals surface area contributed by atoms with Gasteiger partial charge in [-0.05, 0) is 31.9 Å². The van der Waals surface area contributed by atoms with E-state index in [1.807, 2.05) is 4.72 Å². The van der Waals surface area contributed by atoms with E-state index in [-0.39, 0.29) is 10.7 Å². The van der Waals surface area contributed by atoms with Gasteiger partial charge < -0.3 is 0 Å². The van der Waals surface area contributed by atoms with E-state index in [4.69, 9.17) is 0 Å². The highest BCUT2D eigenvalue weighted by atomic mass is 32.2. The summed E-state index contributed by atoms with van der Waals surface area (Å²) in [6.07, 6.45) is 4.17. The van der Waals surface area contributed by atoms with Gasteiger partial charge in [0.25, 0.3) is 10.0 Å². The van der Waals surface area contributed by atoms with Gasteiger partial charge in [-0.2, -0.15) is 0 Å². The Bertz CT molecular complexity index is 662. The van der Waals surface area contributed by atoms with Gasteiger partial charge in [0.2, 0.25) is 0 Å². The van der Waals surface area contributed by atoms with E-state index in [0.717, 1.165) is 25.7 Å². The van der Waals surface area contributed by atoms with E-state index < -0.39 is 16.1 Å². The molecule has 1 aliphatic heterocycles. The van der Waals surface area contributed by atoms with E-state index >= 15 is 0 Å². The summed E-state index contributed by atoms with van der Waals surface area (Å²) in [5.41, 5.74) is 2.98. The lowest BCUT2D eigenvalue weighted by Crippen LogP contribution is -2.49. The smallest absolute Gasteiger partial charge is 0.295 e. The molecule has 2 N–H and O–H groups in total. The summed E-state index contributed by atoms with van der Waals surface area (Å²) in [6.45, 7) is 2.82. The maximum Gasteiger partial charge on any atom is 0.343 e. The number of benzene rings is 1. The third kappa shape index (κ3) is 5.04. The zero-order chi connectivity index (χ0) is 16.9. The summed E-state index contributed by atoms with van der Waals surface area (Å²) in [5.74, 6) is -0.152. The van der Waals surface area contributed by atoms with Crippen LogP contribution in [0.2, 0.25) is 0 Å². The Morgan fingerprint density at radius 2 is 1.57 bits per heavy atom. The third-order valence-corrected chi connectivity index (χ3v) is 5.01. The minimum Gasteiger partial charge on any atom is -0.295 e. The molecule has 2 amide bonds. The van der Waals surface area contributed by atoms with Crippen LogP contribution in [-0.2, 0) is 10.0 Å². The number of hydrogen-bond acceptors (Lipinski definition) is 5. The fraction of sp³-hybridized carbons (Fsp3) is 0.467. The second-order valence-corrected chi connectivity index (χ2v) is 7.21. The number of Topliss-reactive ketones (excluding diaryl/α,β-unsaturated/α-hetero) is 1. The largest absolute Gasteiger partial charge is 0.343 e. The summed E-state index contributed by atoms with van der Waals surface area (Å²) >= 11 is 0. The molecule has 8 heteroatoms. The number of amides is 2. The van der Waals surface area contributed by atoms with Crippen molar-refractivity contribution in [2.75, 3.05) is 13.1 Å². The van der Waals surface area contributed by atoms with Gasteiger partial charge >= 0.3 is 6.03 Å². The number of sulfonamides is 1. The molecule has 126 valence electrons. The van der Waals surface area contributed by atoms with E-state index in [1.54, 1.807) is 5.01 Å². The molecule has 0 spiro atoms. The first-order valence-corrected chi connectivity index (χ1v) is 9.06. The predicted octanol–water partition coefficient (Wildman–Crippen LogP) is 1.67. The van der Waals surface area contributed by atoms with Crippen LogP contribution in [0.3, 0.4) is 0 Å². The van der Waals surface area contributed by atoms with E-state index in [2.05, 4.69) is 5.43 Å². The van der Waals surface area contributed by atoms with E-state index in [0.29, 0.717) is 18.7 Å². The summed E-state index contributed by atoms with van der Waals surface area (Å²) in [7, 11) is -3.96. The van der Waals surface area contributed by atoms with Gasteiger partial charge in [0.05, 0.1) is 4.90 Å². The quantitative estimate of drug-likeness (QED) is 0.814. The third-order valence-electron chi connectivity index (χ3n) is 3.66. The maximum atomic E-state index is 12.2. The second kappa shape index (κ2) is 7.56. The van der Waals surface area contributed by atoms with Crippen LogP contribution < -0.4 is 10.1 Å². The van der Waals surface area contributed by atoms with Crippen LogP contribution in [0.5, 0.6) is 0 Å². The van der Waals surface area contributed by atoms with Crippen molar-refractivity contribution in [3.8, 4) is 0 Å². The molecule has 1 fully saturated rings. The standard InChI is InChI=1S/C15H21N3O4S/c1-12(19)13-6-8-14(9-7-13)23(21,22)17-15(20)16-18-10-4-2-3-5-11-18/h6-9H,2-5,10-11H2,1H3,(H2,16,17,20). The minimum absolute atomic E-state index is 0.0616. The Labute approximate surface area is 136 Å². The highest BCUT2D eigenvalue weighted by Crippen LogP contribution is 2.11. The number of carbonyl (C=O) groups is 2. The predicted molar refractivity (Wildman–Crippen MR) is 85.3 cm³/mol. The molecule has 1 aromatic rings. The molecule has 1 heterocycles. The number of rotatable bonds is 4. The molecular formula is C15H21N3O4S. The second-order valence-electron chi connectivity index (χ2n) is 5.53. The average Bonchev–Trinajstić information content (AvgIpc) is 2.75. The van der Waals surface area contributed by atoms with Crippen molar-refractivity contribution < 1.29 is 18.0 Å². The number of urea groups is 1. The van der Waals surface area contributed by atoms with Crippen molar-refractivity contribution in [1.29, 1.82) is 0 Å². The van der Waals surface area contributed by atoms with E-state index in [9.17, 15) is 18.0 Å². The number of hydrogen-bond donors (Lipinski definition) is 2. The van der Waals surface area contributed by atoms with Crippen LogP contribution >= 0.6 is 0 Å². The van der Waals surface area contributed by atoms with Gasteiger partial charge in [-0.3, -0.25) is 10.2 Å². The molecule has 0 unspecified atom stereocenters. The molecule has 7 nitrogen and oxygen atoms in total. The Balaban J connectivity index is 1.99. The summed E-state index contributed by atoms with van der Waals surface area (Å²) < 4.78 is 26.3. The van der Waals surface area contributed by atoms with Gasteiger partial charge in [0.15, 0.2) is 5.78 Å². The zero-order valence-corrected chi connectivity index (χ0v) is 13.9. The van der Waals surface area contributed by atoms with Gasteiger partial charge in [0.1, 0.15) is 0 Å². The molecular weight excluding hydrogens is 318 g/mol. The number of nitrogens with one attached hydrogen (secondary N) is 2. The lowest BCUT2D eigenvalue weighted by atomic mass is 10.2. The number of nitrogens with zero attached hydrogens (tertiary/aromatic N) is 1. The lowest BCUT2D eigenvalue weighted by Gasteiger charge is -2.20. The van der Waals surface area contributed by atoms with Crippen molar-refractivity contribution in [1.82, 2.24) is 15.2 Å². The monoisotopic (exact) mass is 339 g/mol. The maximum absolute atomic E-state index is 12.2. The van der Waals surface area contributed by atoms with Gasteiger partial charge in [-0.25, -0.2) is 22.9 Å². The van der Waals surface area contributed by atoms with Crippen LogP contribution in [0.4, 0.5) is 4.79 Å². The van der Waals surface area contributed by atoms with Crippen LogP contribution in [-0.4, -0.2) is 38.3 Å². The molecule has 0 atom stereocenters. The fourth-order valence-corrected chi connectivity index (χ4v) is 3.30. The molecule has 23 heavy (non-hydrogen) atoms. The fourth-order valence-electron chi connectivity index (χ4n) is 2.40. The molecule has 0 bridgehead atoms. The number of carbonyl (C=O) groups excluding carboxylic acids is 2. The van der Waals surface area contributed by atoms with Crippen LogP contribution in [0.15, 0.2) is 29.2 Å². The molecule has 0 saturated carbocycles. The normalized spacial score (nSPS) is 16.4.